The van der Waals surface area contributed by atoms with Gasteiger partial charge < -0.3 is 14.9 Å². The van der Waals surface area contributed by atoms with E-state index < -0.39 is 23.4 Å². The van der Waals surface area contributed by atoms with Gasteiger partial charge in [-0.25, -0.2) is 4.39 Å². The standard InChI is InChI=1S/C21H22FN3O4/c1-11(2)18-23(3)20(28)16-14-8-9-24(10-12-4-6-13(22)7-5-12)19(27)15(14)17(26)21(29)25(16)18/h4-7,11,18,26H,8-10H2,1-3H3/t18-/m1/s1. The number of pyridine rings is 1. The molecule has 0 aliphatic carbocycles. The van der Waals surface area contributed by atoms with E-state index in [9.17, 15) is 23.9 Å². The fraction of sp³-hybridized carbons (Fsp3) is 0.381. The van der Waals surface area contributed by atoms with Crippen molar-refractivity contribution in [2.45, 2.75) is 33.0 Å². The Labute approximate surface area is 167 Å². The third-order valence-electron chi connectivity index (χ3n) is 5.69. The van der Waals surface area contributed by atoms with Gasteiger partial charge in [-0.1, -0.05) is 26.0 Å². The zero-order valence-electron chi connectivity index (χ0n) is 16.5. The first-order valence-electron chi connectivity index (χ1n) is 9.53. The van der Waals surface area contributed by atoms with Gasteiger partial charge in [0.25, 0.3) is 17.4 Å². The van der Waals surface area contributed by atoms with Gasteiger partial charge in [-0.05, 0) is 30.0 Å². The van der Waals surface area contributed by atoms with Crippen molar-refractivity contribution in [3.8, 4) is 5.75 Å². The number of benzene rings is 1. The highest BCUT2D eigenvalue weighted by molar-refractivity contribution is 6.04. The molecule has 0 bridgehead atoms. The van der Waals surface area contributed by atoms with Gasteiger partial charge in [0.15, 0.2) is 5.75 Å². The number of halogens is 1. The molecule has 3 heterocycles. The number of nitrogens with zero attached hydrogens (tertiary/aromatic N) is 3. The molecule has 0 spiro atoms. The number of aromatic nitrogens is 1. The highest BCUT2D eigenvalue weighted by Gasteiger charge is 2.43. The number of hydrogen-bond acceptors (Lipinski definition) is 4. The lowest BCUT2D eigenvalue weighted by Crippen LogP contribution is -2.40. The summed E-state index contributed by atoms with van der Waals surface area (Å²) in [6.07, 6.45) is -0.163. The first kappa shape index (κ1) is 19.2. The summed E-state index contributed by atoms with van der Waals surface area (Å²) in [7, 11) is 1.62. The molecule has 4 rings (SSSR count). The van der Waals surface area contributed by atoms with Crippen LogP contribution >= 0.6 is 0 Å². The van der Waals surface area contributed by atoms with Crippen molar-refractivity contribution in [2.24, 2.45) is 5.92 Å². The first-order chi connectivity index (χ1) is 13.7. The van der Waals surface area contributed by atoms with E-state index in [-0.39, 0.29) is 35.4 Å². The fourth-order valence-electron chi connectivity index (χ4n) is 4.36. The van der Waals surface area contributed by atoms with Crippen molar-refractivity contribution >= 4 is 11.8 Å². The van der Waals surface area contributed by atoms with Crippen molar-refractivity contribution in [1.82, 2.24) is 14.4 Å². The van der Waals surface area contributed by atoms with Crippen LogP contribution in [0.25, 0.3) is 0 Å². The summed E-state index contributed by atoms with van der Waals surface area (Å²) in [6, 6.07) is 5.80. The van der Waals surface area contributed by atoms with E-state index in [0.29, 0.717) is 18.5 Å². The average molecular weight is 399 g/mol. The zero-order chi connectivity index (χ0) is 21.0. The smallest absolute Gasteiger partial charge is 0.295 e. The van der Waals surface area contributed by atoms with Gasteiger partial charge in [0.1, 0.15) is 17.7 Å². The summed E-state index contributed by atoms with van der Waals surface area (Å²) in [5.41, 5.74) is 0.519. The second kappa shape index (κ2) is 6.72. The Morgan fingerprint density at radius 1 is 1.14 bits per heavy atom. The minimum atomic E-state index is -0.730. The lowest BCUT2D eigenvalue weighted by atomic mass is 9.95. The van der Waals surface area contributed by atoms with Crippen LogP contribution in [0.15, 0.2) is 29.1 Å². The summed E-state index contributed by atoms with van der Waals surface area (Å²) < 4.78 is 14.5. The van der Waals surface area contributed by atoms with Gasteiger partial charge >= 0.3 is 0 Å². The Morgan fingerprint density at radius 2 is 1.79 bits per heavy atom. The van der Waals surface area contributed by atoms with Crippen molar-refractivity contribution in [2.75, 3.05) is 13.6 Å². The lowest BCUT2D eigenvalue weighted by molar-refractivity contribution is 0.0700. The number of hydrogen-bond donors (Lipinski definition) is 1. The van der Waals surface area contributed by atoms with Crippen molar-refractivity contribution in [1.29, 1.82) is 0 Å². The second-order valence-electron chi connectivity index (χ2n) is 7.90. The largest absolute Gasteiger partial charge is 0.502 e. The Bertz CT molecular complexity index is 1070. The molecule has 0 saturated heterocycles. The maximum atomic E-state index is 13.1. The summed E-state index contributed by atoms with van der Waals surface area (Å²) in [4.78, 5) is 41.9. The van der Waals surface area contributed by atoms with Crippen LogP contribution < -0.4 is 5.56 Å². The Balaban J connectivity index is 1.79. The molecule has 2 aliphatic heterocycles. The van der Waals surface area contributed by atoms with Crippen LogP contribution in [-0.2, 0) is 13.0 Å². The van der Waals surface area contributed by atoms with Crippen LogP contribution in [0.2, 0.25) is 0 Å². The first-order valence-corrected chi connectivity index (χ1v) is 9.53. The summed E-state index contributed by atoms with van der Waals surface area (Å²) in [5, 5.41) is 10.6. The highest BCUT2D eigenvalue weighted by Crippen LogP contribution is 2.36. The number of fused-ring (bicyclic) bond motifs is 3. The van der Waals surface area contributed by atoms with Crippen LogP contribution in [0.1, 0.15) is 52.0 Å². The minimum Gasteiger partial charge on any atom is -0.502 e. The van der Waals surface area contributed by atoms with Gasteiger partial charge in [0.05, 0.1) is 5.56 Å². The normalized spacial score (nSPS) is 18.4. The van der Waals surface area contributed by atoms with Crippen LogP contribution in [0.4, 0.5) is 4.39 Å². The molecular formula is C21H22FN3O4. The molecule has 8 heteroatoms. The minimum absolute atomic E-state index is 0.0467. The number of amides is 2. The lowest BCUT2D eigenvalue weighted by Gasteiger charge is -2.30. The third kappa shape index (κ3) is 2.82. The summed E-state index contributed by atoms with van der Waals surface area (Å²) in [5.74, 6) is -1.86. The van der Waals surface area contributed by atoms with E-state index in [4.69, 9.17) is 0 Å². The highest BCUT2D eigenvalue weighted by atomic mass is 19.1. The number of rotatable bonds is 3. The molecule has 0 radical (unpaired) electrons. The molecule has 1 aromatic heterocycles. The van der Waals surface area contributed by atoms with Gasteiger partial charge in [0, 0.05) is 25.7 Å². The second-order valence-corrected chi connectivity index (χ2v) is 7.90. The van der Waals surface area contributed by atoms with E-state index in [1.807, 2.05) is 13.8 Å². The zero-order valence-corrected chi connectivity index (χ0v) is 16.5. The predicted molar refractivity (Wildman–Crippen MR) is 103 cm³/mol. The van der Waals surface area contributed by atoms with E-state index in [2.05, 4.69) is 0 Å². The molecule has 2 aromatic rings. The fourth-order valence-corrected chi connectivity index (χ4v) is 4.36. The Morgan fingerprint density at radius 3 is 2.41 bits per heavy atom. The molecule has 0 unspecified atom stereocenters. The Kier molecular flexibility index (Phi) is 4.44. The maximum Gasteiger partial charge on any atom is 0.295 e. The topological polar surface area (TPSA) is 82.9 Å². The molecule has 152 valence electrons. The van der Waals surface area contributed by atoms with Crippen LogP contribution in [0.5, 0.6) is 5.75 Å². The van der Waals surface area contributed by atoms with Gasteiger partial charge in [0.2, 0.25) is 0 Å². The molecule has 2 aliphatic rings. The molecule has 7 nitrogen and oxygen atoms in total. The predicted octanol–water partition coefficient (Wildman–Crippen LogP) is 2.13. The van der Waals surface area contributed by atoms with Crippen molar-refractivity contribution in [3.05, 3.63) is 62.8 Å². The average Bonchev–Trinajstić information content (AvgIpc) is 2.95. The molecule has 1 atom stereocenters. The van der Waals surface area contributed by atoms with E-state index in [0.717, 1.165) is 5.56 Å². The monoisotopic (exact) mass is 399 g/mol. The number of aromatic hydroxyl groups is 1. The SMILES string of the molecule is CC(C)[C@@H]1N(C)C(=O)c2c3c(c(O)c(=O)n21)C(=O)N(Cc1ccc(F)cc1)CC3. The van der Waals surface area contributed by atoms with Crippen molar-refractivity contribution in [3.63, 3.8) is 0 Å². The number of carbonyl (C=O) groups is 2. The molecule has 1 aromatic carbocycles. The summed E-state index contributed by atoms with van der Waals surface area (Å²) >= 11 is 0. The molecular weight excluding hydrogens is 377 g/mol. The van der Waals surface area contributed by atoms with E-state index in [1.165, 1.54) is 26.5 Å². The van der Waals surface area contributed by atoms with E-state index in [1.54, 1.807) is 19.2 Å². The molecule has 1 N–H and O–H groups in total. The maximum absolute atomic E-state index is 13.1. The van der Waals surface area contributed by atoms with Crippen LogP contribution in [0.3, 0.4) is 0 Å². The molecule has 0 fully saturated rings. The van der Waals surface area contributed by atoms with Crippen molar-refractivity contribution < 1.29 is 19.1 Å². The van der Waals surface area contributed by atoms with Crippen LogP contribution in [-0.4, -0.2) is 44.9 Å². The Hall–Kier alpha value is -3.16. The van der Waals surface area contributed by atoms with Crippen LogP contribution in [0, 0.1) is 11.7 Å². The third-order valence-corrected chi connectivity index (χ3v) is 5.69. The summed E-state index contributed by atoms with van der Waals surface area (Å²) in [6.45, 7) is 4.33. The van der Waals surface area contributed by atoms with Gasteiger partial charge in [-0.3, -0.25) is 19.0 Å². The quantitative estimate of drug-likeness (QED) is 0.857. The van der Waals surface area contributed by atoms with Gasteiger partial charge in [-0.2, -0.15) is 0 Å². The molecule has 29 heavy (non-hydrogen) atoms. The molecule has 0 saturated carbocycles. The van der Waals surface area contributed by atoms with Gasteiger partial charge in [-0.15, -0.1) is 0 Å². The van der Waals surface area contributed by atoms with E-state index >= 15 is 0 Å². The number of carbonyl (C=O) groups excluding carboxylic acids is 2. The molecule has 2 amide bonds.